The molecular weight excluding hydrogens is 380 g/mol. The minimum atomic E-state index is -0.583. The van der Waals surface area contributed by atoms with E-state index in [1.165, 1.54) is 4.57 Å². The van der Waals surface area contributed by atoms with Crippen LogP contribution in [0.5, 0.6) is 11.5 Å². The highest BCUT2D eigenvalue weighted by Gasteiger charge is 2.14. The lowest BCUT2D eigenvalue weighted by atomic mass is 10.2. The number of benzene rings is 2. The summed E-state index contributed by atoms with van der Waals surface area (Å²) >= 11 is 0. The number of para-hydroxylation sites is 2. The van der Waals surface area contributed by atoms with Crippen LogP contribution < -0.4 is 20.5 Å². The van der Waals surface area contributed by atoms with Crippen LogP contribution in [0.1, 0.15) is 12.0 Å². The van der Waals surface area contributed by atoms with Crippen molar-refractivity contribution in [3.8, 4) is 11.5 Å². The van der Waals surface area contributed by atoms with Crippen LogP contribution in [-0.2, 0) is 27.4 Å². The second kappa shape index (κ2) is 8.09. The zero-order valence-electron chi connectivity index (χ0n) is 15.4. The molecule has 0 unspecified atom stereocenters. The second-order valence-corrected chi connectivity index (χ2v) is 6.36. The predicted octanol–water partition coefficient (Wildman–Crippen LogP) is 1.57. The molecule has 1 aromatic heterocycles. The monoisotopic (exact) mass is 398 g/mol. The third kappa shape index (κ3) is 4.23. The number of carbonyl (C=O) groups excluding carboxylic acids is 2. The first-order valence-corrected chi connectivity index (χ1v) is 8.99. The molecule has 0 fully saturated rings. The molecule has 9 nitrogen and oxygen atoms in total. The van der Waals surface area contributed by atoms with Gasteiger partial charge < -0.3 is 23.9 Å². The summed E-state index contributed by atoms with van der Waals surface area (Å²) in [6, 6.07) is 12.3. The average Bonchev–Trinajstić information content (AvgIpc) is 3.32. The van der Waals surface area contributed by atoms with Gasteiger partial charge in [0.2, 0.25) is 6.79 Å². The molecule has 0 radical (unpaired) electrons. The summed E-state index contributed by atoms with van der Waals surface area (Å²) in [6.07, 6.45) is -0.0567. The van der Waals surface area contributed by atoms with Gasteiger partial charge in [-0.15, -0.1) is 0 Å². The molecule has 1 aliphatic heterocycles. The molecule has 150 valence electrons. The van der Waals surface area contributed by atoms with Crippen molar-refractivity contribution < 1.29 is 28.2 Å². The molecule has 4 rings (SSSR count). The van der Waals surface area contributed by atoms with Crippen LogP contribution in [0.25, 0.3) is 11.1 Å². The number of carbonyl (C=O) groups is 2. The Morgan fingerprint density at radius 1 is 1.10 bits per heavy atom. The van der Waals surface area contributed by atoms with Crippen LogP contribution in [-0.4, -0.2) is 29.8 Å². The minimum Gasteiger partial charge on any atom is -0.456 e. The molecule has 1 amide bonds. The van der Waals surface area contributed by atoms with Gasteiger partial charge in [0.05, 0.1) is 11.9 Å². The fourth-order valence-corrected chi connectivity index (χ4v) is 2.95. The number of amides is 1. The molecule has 1 N–H and O–H groups in total. The fraction of sp³-hybridized carbons (Fsp3) is 0.250. The van der Waals surface area contributed by atoms with E-state index in [4.69, 9.17) is 18.6 Å². The highest BCUT2D eigenvalue weighted by atomic mass is 16.7. The van der Waals surface area contributed by atoms with Gasteiger partial charge >= 0.3 is 11.7 Å². The first kappa shape index (κ1) is 18.6. The van der Waals surface area contributed by atoms with Crippen molar-refractivity contribution in [3.63, 3.8) is 0 Å². The molecule has 0 bridgehead atoms. The minimum absolute atomic E-state index is 0.0567. The van der Waals surface area contributed by atoms with Crippen molar-refractivity contribution in [1.29, 1.82) is 0 Å². The van der Waals surface area contributed by atoms with Crippen LogP contribution >= 0.6 is 0 Å². The van der Waals surface area contributed by atoms with Crippen molar-refractivity contribution in [1.82, 2.24) is 9.88 Å². The van der Waals surface area contributed by atoms with Gasteiger partial charge in [-0.2, -0.15) is 0 Å². The molecule has 1 aliphatic rings. The maximum atomic E-state index is 11.9. The lowest BCUT2D eigenvalue weighted by molar-refractivity contribution is -0.148. The summed E-state index contributed by atoms with van der Waals surface area (Å²) in [5.74, 6) is -0.258. The molecule has 0 saturated heterocycles. The van der Waals surface area contributed by atoms with E-state index in [-0.39, 0.29) is 26.3 Å². The molecule has 0 aliphatic carbocycles. The maximum Gasteiger partial charge on any atom is 0.419 e. The van der Waals surface area contributed by atoms with Gasteiger partial charge in [-0.1, -0.05) is 18.2 Å². The Labute approximate surface area is 164 Å². The number of oxazole rings is 1. The summed E-state index contributed by atoms with van der Waals surface area (Å²) in [5, 5.41) is 2.67. The van der Waals surface area contributed by atoms with Crippen molar-refractivity contribution >= 4 is 23.0 Å². The first-order chi connectivity index (χ1) is 14.1. The Bertz CT molecular complexity index is 1120. The molecule has 9 heteroatoms. The van der Waals surface area contributed by atoms with Gasteiger partial charge in [-0.05, 0) is 29.8 Å². The SMILES string of the molecule is O=C(COC(=O)CCn1c(=O)oc2ccccc21)NCc1ccc2c(c1)OCO2. The summed E-state index contributed by atoms with van der Waals surface area (Å²) < 4.78 is 22.0. The number of esters is 1. The Kier molecular flexibility index (Phi) is 5.19. The third-order valence-corrected chi connectivity index (χ3v) is 4.40. The van der Waals surface area contributed by atoms with E-state index in [2.05, 4.69) is 5.32 Å². The Hall–Kier alpha value is -3.75. The van der Waals surface area contributed by atoms with Crippen LogP contribution in [0, 0.1) is 0 Å². The third-order valence-electron chi connectivity index (χ3n) is 4.40. The molecule has 2 heterocycles. The lowest BCUT2D eigenvalue weighted by Crippen LogP contribution is -2.28. The average molecular weight is 398 g/mol. The smallest absolute Gasteiger partial charge is 0.419 e. The number of aryl methyl sites for hydroxylation is 1. The van der Waals surface area contributed by atoms with Crippen LogP contribution in [0.15, 0.2) is 51.7 Å². The summed E-state index contributed by atoms with van der Waals surface area (Å²) in [6.45, 7) is 0.156. The van der Waals surface area contributed by atoms with Crippen molar-refractivity contribution in [2.45, 2.75) is 19.5 Å². The van der Waals surface area contributed by atoms with E-state index < -0.39 is 24.2 Å². The molecule has 2 aromatic carbocycles. The molecule has 0 saturated carbocycles. The van der Waals surface area contributed by atoms with Crippen molar-refractivity contribution in [3.05, 3.63) is 58.6 Å². The van der Waals surface area contributed by atoms with Crippen molar-refractivity contribution in [2.24, 2.45) is 0 Å². The normalized spacial score (nSPS) is 12.1. The van der Waals surface area contributed by atoms with Crippen LogP contribution in [0.4, 0.5) is 0 Å². The summed E-state index contributed by atoms with van der Waals surface area (Å²) in [4.78, 5) is 35.7. The van der Waals surface area contributed by atoms with E-state index in [1.807, 2.05) is 6.07 Å². The number of hydrogen-bond acceptors (Lipinski definition) is 7. The van der Waals surface area contributed by atoms with E-state index in [1.54, 1.807) is 36.4 Å². The molecule has 0 atom stereocenters. The second-order valence-electron chi connectivity index (χ2n) is 6.36. The number of hydrogen-bond donors (Lipinski definition) is 1. The van der Waals surface area contributed by atoms with E-state index in [0.717, 1.165) is 5.56 Å². The van der Waals surface area contributed by atoms with E-state index in [9.17, 15) is 14.4 Å². The number of nitrogens with zero attached hydrogens (tertiary/aromatic N) is 1. The fourth-order valence-electron chi connectivity index (χ4n) is 2.95. The molecule has 3 aromatic rings. The van der Waals surface area contributed by atoms with Gasteiger partial charge in [0.1, 0.15) is 0 Å². The quantitative estimate of drug-likeness (QED) is 0.602. The van der Waals surface area contributed by atoms with Crippen LogP contribution in [0.3, 0.4) is 0 Å². The van der Waals surface area contributed by atoms with E-state index >= 15 is 0 Å². The zero-order chi connectivity index (χ0) is 20.2. The number of fused-ring (bicyclic) bond motifs is 2. The predicted molar refractivity (Wildman–Crippen MR) is 100 cm³/mol. The van der Waals surface area contributed by atoms with Gasteiger partial charge in [-0.3, -0.25) is 14.2 Å². The van der Waals surface area contributed by atoms with Gasteiger partial charge in [0, 0.05) is 13.1 Å². The highest BCUT2D eigenvalue weighted by molar-refractivity contribution is 5.80. The van der Waals surface area contributed by atoms with Gasteiger partial charge in [0.15, 0.2) is 23.7 Å². The topological polar surface area (TPSA) is 109 Å². The standard InChI is InChI=1S/C20H18N2O7/c23-18(21-10-13-5-6-16-17(9-13)28-12-27-16)11-26-19(24)7-8-22-14-3-1-2-4-15(14)29-20(22)25/h1-6,9H,7-8,10-12H2,(H,21,23). The molecule has 29 heavy (non-hydrogen) atoms. The number of rotatable bonds is 7. The number of nitrogens with one attached hydrogen (secondary N) is 1. The van der Waals surface area contributed by atoms with E-state index in [0.29, 0.717) is 22.6 Å². The summed E-state index contributed by atoms with van der Waals surface area (Å²) in [5.41, 5.74) is 1.89. The number of ether oxygens (including phenoxy) is 3. The summed E-state index contributed by atoms with van der Waals surface area (Å²) in [7, 11) is 0. The zero-order valence-corrected chi connectivity index (χ0v) is 15.4. The first-order valence-electron chi connectivity index (χ1n) is 8.99. The molecule has 0 spiro atoms. The van der Waals surface area contributed by atoms with Crippen molar-refractivity contribution in [2.75, 3.05) is 13.4 Å². The lowest BCUT2D eigenvalue weighted by Gasteiger charge is -2.07. The van der Waals surface area contributed by atoms with Gasteiger partial charge in [0.25, 0.3) is 5.91 Å². The Balaban J connectivity index is 1.22. The maximum absolute atomic E-state index is 11.9. The van der Waals surface area contributed by atoms with Gasteiger partial charge in [-0.25, -0.2) is 4.79 Å². The molecular formula is C20H18N2O7. The van der Waals surface area contributed by atoms with Crippen LogP contribution in [0.2, 0.25) is 0 Å². The largest absolute Gasteiger partial charge is 0.456 e. The Morgan fingerprint density at radius 2 is 1.93 bits per heavy atom. The highest BCUT2D eigenvalue weighted by Crippen LogP contribution is 2.32. The number of aromatic nitrogens is 1. The Morgan fingerprint density at radius 3 is 2.83 bits per heavy atom.